The number of amides is 1. The van der Waals surface area contributed by atoms with Gasteiger partial charge >= 0.3 is 0 Å². The molecule has 0 aliphatic heterocycles. The molecule has 18 heavy (non-hydrogen) atoms. The maximum atomic E-state index is 11.6. The Morgan fingerprint density at radius 3 is 2.94 bits per heavy atom. The van der Waals surface area contributed by atoms with Crippen LogP contribution in [0.4, 0.5) is 0 Å². The van der Waals surface area contributed by atoms with Gasteiger partial charge in [-0.3, -0.25) is 4.79 Å². The fourth-order valence-electron chi connectivity index (χ4n) is 1.62. The third kappa shape index (κ3) is 4.46. The van der Waals surface area contributed by atoms with Crippen LogP contribution < -0.4 is 11.1 Å². The van der Waals surface area contributed by atoms with Gasteiger partial charge in [0.25, 0.3) is 0 Å². The Morgan fingerprint density at radius 2 is 2.33 bits per heavy atom. The zero-order chi connectivity index (χ0) is 13.5. The van der Waals surface area contributed by atoms with Gasteiger partial charge in [0.2, 0.25) is 5.91 Å². The van der Waals surface area contributed by atoms with E-state index in [4.69, 9.17) is 10.5 Å². The molecule has 0 radical (unpaired) electrons. The van der Waals surface area contributed by atoms with Gasteiger partial charge in [-0.05, 0) is 5.92 Å². The van der Waals surface area contributed by atoms with Gasteiger partial charge in [-0.15, -0.1) is 0 Å². The highest BCUT2D eigenvalue weighted by molar-refractivity contribution is 5.81. The monoisotopic (exact) mass is 254 g/mol. The molecule has 0 fully saturated rings. The van der Waals surface area contributed by atoms with Crippen LogP contribution in [0.1, 0.15) is 19.7 Å². The van der Waals surface area contributed by atoms with Crippen LogP contribution in [0.15, 0.2) is 12.4 Å². The van der Waals surface area contributed by atoms with Gasteiger partial charge < -0.3 is 20.4 Å². The molecule has 0 aliphatic rings. The van der Waals surface area contributed by atoms with Gasteiger partial charge in [0.1, 0.15) is 11.9 Å². The summed E-state index contributed by atoms with van der Waals surface area (Å²) in [7, 11) is 1.52. The fourth-order valence-corrected chi connectivity index (χ4v) is 1.62. The summed E-state index contributed by atoms with van der Waals surface area (Å²) in [6.45, 7) is 5.76. The number of imidazole rings is 1. The van der Waals surface area contributed by atoms with Crippen LogP contribution in [-0.2, 0) is 22.6 Å². The summed E-state index contributed by atoms with van der Waals surface area (Å²) in [6.07, 6.45) is 3.65. The second-order valence-electron chi connectivity index (χ2n) is 4.67. The molecular formula is C12H22N4O2. The van der Waals surface area contributed by atoms with Crippen LogP contribution in [0, 0.1) is 5.92 Å². The first-order chi connectivity index (χ1) is 8.54. The van der Waals surface area contributed by atoms with Crippen LogP contribution in [-0.4, -0.2) is 35.2 Å². The van der Waals surface area contributed by atoms with Crippen molar-refractivity contribution in [3.8, 4) is 0 Å². The molecule has 102 valence electrons. The van der Waals surface area contributed by atoms with E-state index in [0.717, 1.165) is 12.4 Å². The minimum Gasteiger partial charge on any atom is -0.383 e. The SMILES string of the molecule is COCC(N)C(=O)NCc1nccn1CC(C)C. The number of nitrogens with one attached hydrogen (secondary N) is 1. The molecule has 1 heterocycles. The Labute approximate surface area is 108 Å². The molecule has 1 rings (SSSR count). The average molecular weight is 254 g/mol. The quantitative estimate of drug-likeness (QED) is 0.724. The number of carbonyl (C=O) groups excluding carboxylic acids is 1. The van der Waals surface area contributed by atoms with E-state index in [0.29, 0.717) is 12.5 Å². The van der Waals surface area contributed by atoms with Crippen LogP contribution in [0.5, 0.6) is 0 Å². The van der Waals surface area contributed by atoms with E-state index in [1.807, 2.05) is 10.8 Å². The number of ether oxygens (including phenoxy) is 1. The molecule has 0 saturated heterocycles. The van der Waals surface area contributed by atoms with Crippen molar-refractivity contribution in [3.63, 3.8) is 0 Å². The lowest BCUT2D eigenvalue weighted by molar-refractivity contribution is -0.123. The van der Waals surface area contributed by atoms with Gasteiger partial charge in [-0.1, -0.05) is 13.8 Å². The van der Waals surface area contributed by atoms with E-state index >= 15 is 0 Å². The molecule has 1 aromatic rings. The van der Waals surface area contributed by atoms with Gasteiger partial charge in [-0.25, -0.2) is 4.98 Å². The Kier molecular flexibility index (Phi) is 5.80. The van der Waals surface area contributed by atoms with Crippen molar-refractivity contribution >= 4 is 5.91 Å². The fraction of sp³-hybridized carbons (Fsp3) is 0.667. The van der Waals surface area contributed by atoms with E-state index in [2.05, 4.69) is 24.1 Å². The summed E-state index contributed by atoms with van der Waals surface area (Å²) >= 11 is 0. The highest BCUT2D eigenvalue weighted by Crippen LogP contribution is 2.03. The molecule has 1 unspecified atom stereocenters. The third-order valence-corrected chi connectivity index (χ3v) is 2.47. The molecular weight excluding hydrogens is 232 g/mol. The highest BCUT2D eigenvalue weighted by atomic mass is 16.5. The maximum Gasteiger partial charge on any atom is 0.239 e. The van der Waals surface area contributed by atoms with Crippen LogP contribution in [0.25, 0.3) is 0 Å². The number of methoxy groups -OCH3 is 1. The van der Waals surface area contributed by atoms with Crippen LogP contribution in [0.2, 0.25) is 0 Å². The molecule has 1 aromatic heterocycles. The van der Waals surface area contributed by atoms with E-state index in [-0.39, 0.29) is 12.5 Å². The van der Waals surface area contributed by atoms with Crippen LogP contribution >= 0.6 is 0 Å². The van der Waals surface area contributed by atoms with Crippen molar-refractivity contribution < 1.29 is 9.53 Å². The lowest BCUT2D eigenvalue weighted by Gasteiger charge is -2.13. The summed E-state index contributed by atoms with van der Waals surface area (Å²) < 4.78 is 6.87. The Bertz CT molecular complexity index is 376. The predicted octanol–water partition coefficient (Wildman–Crippen LogP) is 0.129. The highest BCUT2D eigenvalue weighted by Gasteiger charge is 2.13. The first-order valence-corrected chi connectivity index (χ1v) is 6.06. The normalized spacial score (nSPS) is 12.7. The second kappa shape index (κ2) is 7.13. The lowest BCUT2D eigenvalue weighted by atomic mass is 10.2. The van der Waals surface area contributed by atoms with Crippen molar-refractivity contribution in [2.75, 3.05) is 13.7 Å². The van der Waals surface area contributed by atoms with E-state index in [1.54, 1.807) is 6.20 Å². The van der Waals surface area contributed by atoms with Crippen molar-refractivity contribution in [1.29, 1.82) is 0 Å². The minimum absolute atomic E-state index is 0.215. The van der Waals surface area contributed by atoms with E-state index in [9.17, 15) is 4.79 Å². The molecule has 0 aromatic carbocycles. The van der Waals surface area contributed by atoms with Gasteiger partial charge in [0, 0.05) is 26.0 Å². The number of nitrogens with zero attached hydrogens (tertiary/aromatic N) is 2. The largest absolute Gasteiger partial charge is 0.383 e. The standard InChI is InChI=1S/C12H22N4O2/c1-9(2)7-16-5-4-14-11(16)6-15-12(17)10(13)8-18-3/h4-5,9-10H,6-8,13H2,1-3H3,(H,15,17). The number of aromatic nitrogens is 2. The smallest absolute Gasteiger partial charge is 0.239 e. The first-order valence-electron chi connectivity index (χ1n) is 6.06. The molecule has 0 spiro atoms. The molecule has 1 atom stereocenters. The van der Waals surface area contributed by atoms with Gasteiger partial charge in [0.05, 0.1) is 13.2 Å². The summed E-state index contributed by atoms with van der Waals surface area (Å²) in [5.74, 6) is 1.14. The minimum atomic E-state index is -0.636. The molecule has 0 bridgehead atoms. The number of carbonyl (C=O) groups is 1. The van der Waals surface area contributed by atoms with Crippen molar-refractivity contribution in [2.24, 2.45) is 11.7 Å². The van der Waals surface area contributed by atoms with Crippen molar-refractivity contribution in [2.45, 2.75) is 33.0 Å². The number of hydrogen-bond acceptors (Lipinski definition) is 4. The molecule has 6 heteroatoms. The lowest BCUT2D eigenvalue weighted by Crippen LogP contribution is -2.43. The Morgan fingerprint density at radius 1 is 1.61 bits per heavy atom. The zero-order valence-electron chi connectivity index (χ0n) is 11.2. The summed E-state index contributed by atoms with van der Waals surface area (Å²) in [4.78, 5) is 15.8. The molecule has 0 saturated carbocycles. The van der Waals surface area contributed by atoms with E-state index in [1.165, 1.54) is 7.11 Å². The zero-order valence-corrected chi connectivity index (χ0v) is 11.2. The van der Waals surface area contributed by atoms with Gasteiger partial charge in [0.15, 0.2) is 0 Å². The second-order valence-corrected chi connectivity index (χ2v) is 4.67. The molecule has 0 aliphatic carbocycles. The number of rotatable bonds is 7. The predicted molar refractivity (Wildman–Crippen MR) is 68.8 cm³/mol. The van der Waals surface area contributed by atoms with Crippen LogP contribution in [0.3, 0.4) is 0 Å². The van der Waals surface area contributed by atoms with Gasteiger partial charge in [-0.2, -0.15) is 0 Å². The topological polar surface area (TPSA) is 82.2 Å². The summed E-state index contributed by atoms with van der Waals surface area (Å²) in [5.41, 5.74) is 5.62. The first kappa shape index (κ1) is 14.7. The third-order valence-electron chi connectivity index (χ3n) is 2.47. The summed E-state index contributed by atoms with van der Waals surface area (Å²) in [6, 6.07) is -0.636. The number of hydrogen-bond donors (Lipinski definition) is 2. The Balaban J connectivity index is 2.48. The molecule has 1 amide bonds. The average Bonchev–Trinajstić information content (AvgIpc) is 2.72. The van der Waals surface area contributed by atoms with E-state index < -0.39 is 6.04 Å². The molecule has 3 N–H and O–H groups in total. The van der Waals surface area contributed by atoms with Crippen molar-refractivity contribution in [3.05, 3.63) is 18.2 Å². The maximum absolute atomic E-state index is 11.6. The Hall–Kier alpha value is -1.40. The number of nitrogens with two attached hydrogens (primary N) is 1. The van der Waals surface area contributed by atoms with Crippen molar-refractivity contribution in [1.82, 2.24) is 14.9 Å². The summed E-state index contributed by atoms with van der Waals surface area (Å²) in [5, 5.41) is 2.76. The molecule has 6 nitrogen and oxygen atoms in total.